The molecule has 1 rings (SSSR count). The minimum atomic E-state index is -3.16. The van der Waals surface area contributed by atoms with E-state index in [-0.39, 0.29) is 30.6 Å². The molecule has 0 aromatic rings. The van der Waals surface area contributed by atoms with E-state index in [0.29, 0.717) is 13.1 Å². The Bertz CT molecular complexity index is 426. The van der Waals surface area contributed by atoms with Crippen molar-refractivity contribution in [3.63, 3.8) is 0 Å². The second-order valence-electron chi connectivity index (χ2n) is 4.51. The smallest absolute Gasteiger partial charge is 0.234 e. The molecule has 8 heteroatoms. The van der Waals surface area contributed by atoms with Gasteiger partial charge in [-0.05, 0) is 0 Å². The van der Waals surface area contributed by atoms with Gasteiger partial charge in [-0.15, -0.1) is 18.2 Å². The lowest BCUT2D eigenvalue weighted by molar-refractivity contribution is -0.122. The summed E-state index contributed by atoms with van der Waals surface area (Å²) in [5.74, 6) is -0.524. The van der Waals surface area contributed by atoms with E-state index in [1.165, 1.54) is 0 Å². The van der Waals surface area contributed by atoms with Crippen LogP contribution < -0.4 is 5.32 Å². The first-order valence-electron chi connectivity index (χ1n) is 5.96. The van der Waals surface area contributed by atoms with Crippen molar-refractivity contribution in [2.75, 3.05) is 37.7 Å². The van der Waals surface area contributed by atoms with Crippen LogP contribution in [0.4, 0.5) is 0 Å². The van der Waals surface area contributed by atoms with Gasteiger partial charge in [0.2, 0.25) is 5.91 Å². The fourth-order valence-electron chi connectivity index (χ4n) is 1.95. The molecule has 2 unspecified atom stereocenters. The monoisotopic (exact) mass is 310 g/mol. The summed E-state index contributed by atoms with van der Waals surface area (Å²) >= 11 is 5.90. The molecule has 1 heterocycles. The minimum absolute atomic E-state index is 0.0585. The number of rotatable bonds is 7. The standard InChI is InChI=1S/C11H19ClN2O4S/c1-2-3-14(4-5-15)6-11(16)13-10-8-19(17,18)7-9(10)12/h2,9-10,15H,1,3-8H2,(H,13,16). The van der Waals surface area contributed by atoms with E-state index in [1.807, 2.05) is 0 Å². The lowest BCUT2D eigenvalue weighted by atomic mass is 10.2. The topological polar surface area (TPSA) is 86.7 Å². The van der Waals surface area contributed by atoms with E-state index in [4.69, 9.17) is 16.7 Å². The number of aliphatic hydroxyl groups is 1. The normalized spacial score (nSPS) is 25.4. The molecule has 2 N–H and O–H groups in total. The molecular formula is C11H19ClN2O4S. The number of aliphatic hydroxyl groups excluding tert-OH is 1. The van der Waals surface area contributed by atoms with Gasteiger partial charge >= 0.3 is 0 Å². The van der Waals surface area contributed by atoms with Crippen molar-refractivity contribution in [1.82, 2.24) is 10.2 Å². The number of amides is 1. The van der Waals surface area contributed by atoms with Gasteiger partial charge in [0, 0.05) is 13.1 Å². The van der Waals surface area contributed by atoms with Gasteiger partial charge in [-0.2, -0.15) is 0 Å². The van der Waals surface area contributed by atoms with Crippen LogP contribution in [0.2, 0.25) is 0 Å². The van der Waals surface area contributed by atoms with Crippen LogP contribution in [0, 0.1) is 0 Å². The Labute approximate surface area is 118 Å². The number of nitrogens with zero attached hydrogens (tertiary/aromatic N) is 1. The van der Waals surface area contributed by atoms with E-state index in [9.17, 15) is 13.2 Å². The summed E-state index contributed by atoms with van der Waals surface area (Å²) in [5.41, 5.74) is 0. The predicted octanol–water partition coefficient (Wildman–Crippen LogP) is -1.01. The number of alkyl halides is 1. The van der Waals surface area contributed by atoms with E-state index in [0.717, 1.165) is 0 Å². The third kappa shape index (κ3) is 5.48. The van der Waals surface area contributed by atoms with Gasteiger partial charge in [0.05, 0.1) is 36.1 Å². The Morgan fingerprint density at radius 2 is 2.21 bits per heavy atom. The summed E-state index contributed by atoms with van der Waals surface area (Å²) in [4.78, 5) is 13.5. The highest BCUT2D eigenvalue weighted by atomic mass is 35.5. The minimum Gasteiger partial charge on any atom is -0.395 e. The highest BCUT2D eigenvalue weighted by Crippen LogP contribution is 2.17. The Balaban J connectivity index is 2.48. The van der Waals surface area contributed by atoms with E-state index in [2.05, 4.69) is 11.9 Å². The summed E-state index contributed by atoms with van der Waals surface area (Å²) in [5, 5.41) is 10.9. The zero-order valence-corrected chi connectivity index (χ0v) is 12.2. The summed E-state index contributed by atoms with van der Waals surface area (Å²) < 4.78 is 22.7. The lowest BCUT2D eigenvalue weighted by Crippen LogP contribution is -2.46. The first kappa shape index (κ1) is 16.4. The van der Waals surface area contributed by atoms with Crippen LogP contribution in [-0.2, 0) is 14.6 Å². The largest absolute Gasteiger partial charge is 0.395 e. The van der Waals surface area contributed by atoms with Gasteiger partial charge in [-0.1, -0.05) is 6.08 Å². The number of hydrogen-bond acceptors (Lipinski definition) is 5. The molecule has 0 radical (unpaired) electrons. The van der Waals surface area contributed by atoms with Crippen LogP contribution in [0.15, 0.2) is 12.7 Å². The van der Waals surface area contributed by atoms with Crippen LogP contribution in [0.25, 0.3) is 0 Å². The fraction of sp³-hybridized carbons (Fsp3) is 0.727. The lowest BCUT2D eigenvalue weighted by Gasteiger charge is -2.21. The summed E-state index contributed by atoms with van der Waals surface area (Å²) in [6.45, 7) is 4.41. The quantitative estimate of drug-likeness (QED) is 0.465. The van der Waals surface area contributed by atoms with Crippen molar-refractivity contribution < 1.29 is 18.3 Å². The molecule has 1 amide bonds. The molecule has 2 atom stereocenters. The number of nitrogens with one attached hydrogen (secondary N) is 1. The molecule has 6 nitrogen and oxygen atoms in total. The third-order valence-corrected chi connectivity index (χ3v) is 5.18. The molecule has 1 aliphatic rings. The Morgan fingerprint density at radius 1 is 1.53 bits per heavy atom. The highest BCUT2D eigenvalue weighted by molar-refractivity contribution is 7.91. The molecular weight excluding hydrogens is 292 g/mol. The van der Waals surface area contributed by atoms with E-state index < -0.39 is 21.3 Å². The summed E-state index contributed by atoms with van der Waals surface area (Å²) in [6, 6.07) is -0.543. The molecule has 0 aromatic heterocycles. The van der Waals surface area contributed by atoms with Gasteiger partial charge in [-0.25, -0.2) is 8.42 Å². The molecule has 0 spiro atoms. The zero-order chi connectivity index (χ0) is 14.5. The molecule has 1 fully saturated rings. The summed E-state index contributed by atoms with van der Waals surface area (Å²) in [7, 11) is -3.16. The molecule has 1 aliphatic heterocycles. The molecule has 19 heavy (non-hydrogen) atoms. The SMILES string of the molecule is C=CCN(CCO)CC(=O)NC1CS(=O)(=O)CC1Cl. The molecule has 0 aliphatic carbocycles. The molecule has 1 saturated heterocycles. The van der Waals surface area contributed by atoms with E-state index >= 15 is 0 Å². The van der Waals surface area contributed by atoms with Crippen molar-refractivity contribution >= 4 is 27.3 Å². The Hall–Kier alpha value is -0.630. The molecule has 0 saturated carbocycles. The number of carbonyl (C=O) groups excluding carboxylic acids is 1. The average Bonchev–Trinajstić information content (AvgIpc) is 2.52. The van der Waals surface area contributed by atoms with Crippen LogP contribution in [0.5, 0.6) is 0 Å². The first-order valence-corrected chi connectivity index (χ1v) is 8.21. The first-order chi connectivity index (χ1) is 8.88. The third-order valence-electron chi connectivity index (χ3n) is 2.80. The van der Waals surface area contributed by atoms with Crippen LogP contribution >= 0.6 is 11.6 Å². The average molecular weight is 311 g/mol. The van der Waals surface area contributed by atoms with Gasteiger partial charge in [-0.3, -0.25) is 9.69 Å². The Kier molecular flexibility index (Phi) is 6.25. The highest BCUT2D eigenvalue weighted by Gasteiger charge is 2.37. The second kappa shape index (κ2) is 7.23. The maximum atomic E-state index is 11.8. The number of carbonyl (C=O) groups is 1. The van der Waals surface area contributed by atoms with Gasteiger partial charge in [0.15, 0.2) is 9.84 Å². The fourth-order valence-corrected chi connectivity index (χ4v) is 4.50. The van der Waals surface area contributed by atoms with Gasteiger partial charge in [0.25, 0.3) is 0 Å². The van der Waals surface area contributed by atoms with Crippen molar-refractivity contribution in [2.45, 2.75) is 11.4 Å². The number of sulfone groups is 1. The van der Waals surface area contributed by atoms with Crippen molar-refractivity contribution in [2.24, 2.45) is 0 Å². The van der Waals surface area contributed by atoms with Crippen molar-refractivity contribution in [1.29, 1.82) is 0 Å². The van der Waals surface area contributed by atoms with E-state index in [1.54, 1.807) is 11.0 Å². The zero-order valence-electron chi connectivity index (χ0n) is 10.6. The van der Waals surface area contributed by atoms with Gasteiger partial charge in [0.1, 0.15) is 0 Å². The number of hydrogen-bond donors (Lipinski definition) is 2. The van der Waals surface area contributed by atoms with Crippen LogP contribution in [0.1, 0.15) is 0 Å². The molecule has 110 valence electrons. The van der Waals surface area contributed by atoms with Crippen LogP contribution in [0.3, 0.4) is 0 Å². The van der Waals surface area contributed by atoms with Crippen LogP contribution in [-0.4, -0.2) is 73.5 Å². The number of halogens is 1. The Morgan fingerprint density at radius 3 is 2.68 bits per heavy atom. The molecule has 0 bridgehead atoms. The molecule has 0 aromatic carbocycles. The predicted molar refractivity (Wildman–Crippen MR) is 73.9 cm³/mol. The van der Waals surface area contributed by atoms with Gasteiger partial charge < -0.3 is 10.4 Å². The summed E-state index contributed by atoms with van der Waals surface area (Å²) in [6.07, 6.45) is 1.63. The maximum Gasteiger partial charge on any atom is 0.234 e. The van der Waals surface area contributed by atoms with Crippen molar-refractivity contribution in [3.05, 3.63) is 12.7 Å². The second-order valence-corrected chi connectivity index (χ2v) is 7.23. The maximum absolute atomic E-state index is 11.8. The van der Waals surface area contributed by atoms with Crippen molar-refractivity contribution in [3.8, 4) is 0 Å².